The van der Waals surface area contributed by atoms with Crippen LogP contribution in [0.5, 0.6) is 0 Å². The highest BCUT2D eigenvalue weighted by molar-refractivity contribution is 7.90. The van der Waals surface area contributed by atoms with Gasteiger partial charge in [0, 0.05) is 31.2 Å². The first-order chi connectivity index (χ1) is 12.8. The van der Waals surface area contributed by atoms with Gasteiger partial charge < -0.3 is 4.74 Å². The Morgan fingerprint density at radius 3 is 2.52 bits per heavy atom. The Hall–Kier alpha value is -1.97. The Kier molecular flexibility index (Phi) is 6.13. The van der Waals surface area contributed by atoms with Crippen molar-refractivity contribution in [2.24, 2.45) is 5.92 Å². The molecule has 2 heterocycles. The number of carbonyl (C=O) groups excluding carboxylic acids is 1. The van der Waals surface area contributed by atoms with E-state index in [1.165, 1.54) is 23.5 Å². The van der Waals surface area contributed by atoms with Gasteiger partial charge in [-0.25, -0.2) is 13.4 Å². The molecule has 1 aromatic carbocycles. The lowest BCUT2D eigenvalue weighted by molar-refractivity contribution is -0.111. The van der Waals surface area contributed by atoms with Gasteiger partial charge >= 0.3 is 0 Å². The molecular formula is C18H21BN2O4S2. The minimum absolute atomic E-state index is 0.229. The summed E-state index contributed by atoms with van der Waals surface area (Å²) in [7, 11) is -1.36. The van der Waals surface area contributed by atoms with Gasteiger partial charge in [0.15, 0.2) is 22.8 Å². The van der Waals surface area contributed by atoms with Crippen LogP contribution in [0.3, 0.4) is 0 Å². The number of nitrogens with one attached hydrogen (secondary N) is 1. The standard InChI is InChI=1S/C18H21BN2O4S2/c1-27(23,24)14-4-2-13(3-5-14)15(10-12-6-8-25-9-7-12)17(22)21-18-20-11-16(19)26-18/h2-5,10-12H,6-9,19H2,1H3,(H,20,21,22)/b15-10+. The van der Waals surface area contributed by atoms with E-state index in [4.69, 9.17) is 4.74 Å². The third-order valence-electron chi connectivity index (χ3n) is 4.35. The van der Waals surface area contributed by atoms with Crippen LogP contribution in [0.2, 0.25) is 0 Å². The number of sulfone groups is 1. The molecule has 9 heteroatoms. The SMILES string of the molecule is Bc1cnc(NC(=O)/C(=C/C2CCOCC2)c2ccc(S(C)(=O)=O)cc2)s1. The molecule has 0 saturated carbocycles. The molecule has 0 aliphatic carbocycles. The van der Waals surface area contributed by atoms with Crippen LogP contribution in [0.1, 0.15) is 18.4 Å². The van der Waals surface area contributed by atoms with E-state index >= 15 is 0 Å². The Bertz CT molecular complexity index is 946. The zero-order valence-corrected chi connectivity index (χ0v) is 16.9. The van der Waals surface area contributed by atoms with Gasteiger partial charge in [0.05, 0.1) is 4.90 Å². The van der Waals surface area contributed by atoms with Crippen molar-refractivity contribution in [1.29, 1.82) is 0 Å². The number of allylic oxidation sites excluding steroid dienone is 1. The molecule has 1 aliphatic heterocycles. The molecule has 0 radical (unpaired) electrons. The lowest BCUT2D eigenvalue weighted by Crippen LogP contribution is -2.18. The number of carbonyl (C=O) groups is 1. The second kappa shape index (κ2) is 8.37. The molecular weight excluding hydrogens is 383 g/mol. The summed E-state index contributed by atoms with van der Waals surface area (Å²) < 4.78 is 29.8. The minimum Gasteiger partial charge on any atom is -0.381 e. The van der Waals surface area contributed by atoms with Gasteiger partial charge in [-0.3, -0.25) is 10.1 Å². The van der Waals surface area contributed by atoms with Crippen molar-refractivity contribution in [3.8, 4) is 0 Å². The van der Waals surface area contributed by atoms with Gasteiger partial charge in [0.2, 0.25) is 0 Å². The number of hydrogen-bond donors (Lipinski definition) is 1. The largest absolute Gasteiger partial charge is 0.381 e. The summed E-state index contributed by atoms with van der Waals surface area (Å²) in [6.45, 7) is 1.35. The van der Waals surface area contributed by atoms with Crippen LogP contribution in [0, 0.1) is 5.92 Å². The highest BCUT2D eigenvalue weighted by atomic mass is 32.2. The van der Waals surface area contributed by atoms with Crippen LogP contribution in [-0.2, 0) is 19.4 Å². The summed E-state index contributed by atoms with van der Waals surface area (Å²) in [5, 5.41) is 3.39. The summed E-state index contributed by atoms with van der Waals surface area (Å²) in [6.07, 6.45) is 6.55. The number of nitrogens with zero attached hydrogens (tertiary/aromatic N) is 1. The summed E-state index contributed by atoms with van der Waals surface area (Å²) in [5.41, 5.74) is 1.20. The number of ether oxygens (including phenoxy) is 1. The van der Waals surface area contributed by atoms with Crippen LogP contribution < -0.4 is 10.1 Å². The first kappa shape index (κ1) is 19.8. The zero-order chi connectivity index (χ0) is 19.4. The first-order valence-electron chi connectivity index (χ1n) is 8.67. The Balaban J connectivity index is 1.91. The average molecular weight is 404 g/mol. The molecule has 1 amide bonds. The van der Waals surface area contributed by atoms with Crippen molar-refractivity contribution in [1.82, 2.24) is 4.98 Å². The van der Waals surface area contributed by atoms with Gasteiger partial charge in [-0.15, -0.1) is 11.3 Å². The average Bonchev–Trinajstić information content (AvgIpc) is 3.04. The molecule has 3 rings (SSSR count). The molecule has 142 valence electrons. The van der Waals surface area contributed by atoms with Gasteiger partial charge in [-0.05, 0) is 41.2 Å². The maximum Gasteiger partial charge on any atom is 0.257 e. The highest BCUT2D eigenvalue weighted by Crippen LogP contribution is 2.25. The number of aromatic nitrogens is 1. The maximum atomic E-state index is 12.9. The van der Waals surface area contributed by atoms with Crippen LogP contribution in [-0.4, -0.2) is 46.6 Å². The van der Waals surface area contributed by atoms with Gasteiger partial charge in [-0.1, -0.05) is 18.2 Å². The number of thiazole rings is 1. The molecule has 1 aromatic heterocycles. The summed E-state index contributed by atoms with van der Waals surface area (Å²) in [5.74, 6) is -0.00457. The van der Waals surface area contributed by atoms with Crippen molar-refractivity contribution < 1.29 is 17.9 Å². The number of anilines is 1. The van der Waals surface area contributed by atoms with Crippen molar-refractivity contribution in [2.75, 3.05) is 24.8 Å². The molecule has 6 nitrogen and oxygen atoms in total. The second-order valence-electron chi connectivity index (χ2n) is 6.56. The van der Waals surface area contributed by atoms with Crippen LogP contribution >= 0.6 is 11.3 Å². The first-order valence-corrected chi connectivity index (χ1v) is 11.4. The van der Waals surface area contributed by atoms with Crippen molar-refractivity contribution >= 4 is 50.4 Å². The lowest BCUT2D eigenvalue weighted by atomic mass is 9.94. The van der Waals surface area contributed by atoms with Crippen LogP contribution in [0.4, 0.5) is 5.13 Å². The fourth-order valence-electron chi connectivity index (χ4n) is 2.88. The maximum absolute atomic E-state index is 12.9. The topological polar surface area (TPSA) is 85.4 Å². The molecule has 1 fully saturated rings. The molecule has 2 aromatic rings. The number of rotatable bonds is 5. The third kappa shape index (κ3) is 5.28. The monoisotopic (exact) mass is 404 g/mol. The number of amides is 1. The normalized spacial score (nSPS) is 16.3. The van der Waals surface area contributed by atoms with E-state index in [1.54, 1.807) is 18.3 Å². The molecule has 0 unspecified atom stereocenters. The third-order valence-corrected chi connectivity index (χ3v) is 6.30. The van der Waals surface area contributed by atoms with E-state index in [0.717, 1.165) is 23.9 Å². The van der Waals surface area contributed by atoms with Gasteiger partial charge in [-0.2, -0.15) is 0 Å². The van der Waals surface area contributed by atoms with E-state index in [-0.39, 0.29) is 16.7 Å². The van der Waals surface area contributed by atoms with E-state index < -0.39 is 9.84 Å². The van der Waals surface area contributed by atoms with Crippen molar-refractivity contribution in [2.45, 2.75) is 17.7 Å². The van der Waals surface area contributed by atoms with E-state index in [2.05, 4.69) is 10.3 Å². The molecule has 1 N–H and O–H groups in total. The molecule has 0 atom stereocenters. The van der Waals surface area contributed by atoms with E-state index in [9.17, 15) is 13.2 Å². The zero-order valence-electron chi connectivity index (χ0n) is 15.3. The minimum atomic E-state index is -3.28. The van der Waals surface area contributed by atoms with Crippen molar-refractivity contribution in [3.63, 3.8) is 0 Å². The summed E-state index contributed by atoms with van der Waals surface area (Å²) >= 11 is 1.41. The molecule has 0 spiro atoms. The Morgan fingerprint density at radius 2 is 1.96 bits per heavy atom. The molecule has 0 bridgehead atoms. The molecule has 27 heavy (non-hydrogen) atoms. The second-order valence-corrected chi connectivity index (χ2v) is 9.81. The number of hydrogen-bond acceptors (Lipinski definition) is 6. The van der Waals surface area contributed by atoms with E-state index in [0.29, 0.717) is 29.5 Å². The Morgan fingerprint density at radius 1 is 1.30 bits per heavy atom. The highest BCUT2D eigenvalue weighted by Gasteiger charge is 2.19. The van der Waals surface area contributed by atoms with Crippen LogP contribution in [0.15, 0.2) is 41.4 Å². The molecule has 1 aliphatic rings. The predicted octanol–water partition coefficient (Wildman–Crippen LogP) is 1.25. The fraction of sp³-hybridized carbons (Fsp3) is 0.333. The molecule has 1 saturated heterocycles. The summed E-state index contributed by atoms with van der Waals surface area (Å²) in [6, 6.07) is 6.41. The lowest BCUT2D eigenvalue weighted by Gasteiger charge is -2.20. The number of benzene rings is 1. The fourth-order valence-corrected chi connectivity index (χ4v) is 4.17. The van der Waals surface area contributed by atoms with Crippen LogP contribution in [0.25, 0.3) is 5.57 Å². The van der Waals surface area contributed by atoms with E-state index in [1.807, 2.05) is 13.9 Å². The smallest absolute Gasteiger partial charge is 0.257 e. The van der Waals surface area contributed by atoms with Crippen molar-refractivity contribution in [3.05, 3.63) is 42.1 Å². The Labute approximate surface area is 164 Å². The van der Waals surface area contributed by atoms with Gasteiger partial charge in [0.25, 0.3) is 5.91 Å². The predicted molar refractivity (Wildman–Crippen MR) is 110 cm³/mol. The van der Waals surface area contributed by atoms with Gasteiger partial charge in [0.1, 0.15) is 0 Å². The quantitative estimate of drug-likeness (QED) is 0.599. The summed E-state index contributed by atoms with van der Waals surface area (Å²) in [4.78, 5) is 17.3.